The zero-order valence-electron chi connectivity index (χ0n) is 17.0. The molecule has 0 radical (unpaired) electrons. The number of carbonyl (C=O) groups excluding carboxylic acids is 2. The Hall–Kier alpha value is -2.54. The number of rotatable bonds is 8. The average Bonchev–Trinajstić information content (AvgIpc) is 3.41. The molecule has 1 saturated heterocycles. The van der Waals surface area contributed by atoms with Gasteiger partial charge in [-0.25, -0.2) is 0 Å². The third-order valence-electron chi connectivity index (χ3n) is 5.96. The summed E-state index contributed by atoms with van der Waals surface area (Å²) in [5.41, 5.74) is 0. The van der Waals surface area contributed by atoms with Crippen LogP contribution in [0.2, 0.25) is 5.02 Å². The van der Waals surface area contributed by atoms with Crippen molar-refractivity contribution in [3.63, 3.8) is 0 Å². The van der Waals surface area contributed by atoms with E-state index in [1.807, 2.05) is 19.1 Å². The van der Waals surface area contributed by atoms with E-state index in [4.69, 9.17) is 16.3 Å². The van der Waals surface area contributed by atoms with Gasteiger partial charge in [-0.3, -0.25) is 19.5 Å². The van der Waals surface area contributed by atoms with Crippen molar-refractivity contribution in [2.75, 3.05) is 32.8 Å². The van der Waals surface area contributed by atoms with Crippen LogP contribution in [-0.2, 0) is 9.59 Å². The summed E-state index contributed by atoms with van der Waals surface area (Å²) in [4.78, 5) is 31.4. The predicted molar refractivity (Wildman–Crippen MR) is 115 cm³/mol. The van der Waals surface area contributed by atoms with Crippen LogP contribution >= 0.6 is 11.6 Å². The molecule has 3 aliphatic rings. The number of ether oxygens (including phenoxy) is 1. The Morgan fingerprint density at radius 3 is 2.60 bits per heavy atom. The third-order valence-corrected chi connectivity index (χ3v) is 6.19. The van der Waals surface area contributed by atoms with Crippen LogP contribution in [0.15, 0.2) is 41.4 Å². The molecule has 2 aliphatic carbocycles. The van der Waals surface area contributed by atoms with E-state index in [1.165, 1.54) is 4.90 Å². The first kappa shape index (κ1) is 20.7. The Labute approximate surface area is 181 Å². The van der Waals surface area contributed by atoms with Crippen molar-refractivity contribution in [2.45, 2.75) is 13.3 Å². The predicted octanol–water partition coefficient (Wildman–Crippen LogP) is 2.08. The number of fused-ring (bicyclic) bond motifs is 5. The highest BCUT2D eigenvalue weighted by Gasteiger charge is 2.58. The fourth-order valence-corrected chi connectivity index (χ4v) is 4.86. The number of halogens is 1. The molecule has 2 amide bonds. The normalized spacial score (nSPS) is 27.0. The van der Waals surface area contributed by atoms with Gasteiger partial charge in [0.05, 0.1) is 24.9 Å². The number of amides is 2. The minimum Gasteiger partial charge on any atom is -0.492 e. The lowest BCUT2D eigenvalue weighted by Gasteiger charge is -2.17. The van der Waals surface area contributed by atoms with Crippen LogP contribution in [0.3, 0.4) is 0 Å². The quantitative estimate of drug-likeness (QED) is 0.217. The first-order valence-corrected chi connectivity index (χ1v) is 10.9. The van der Waals surface area contributed by atoms with Gasteiger partial charge in [0.15, 0.2) is 5.96 Å². The minimum atomic E-state index is -0.147. The van der Waals surface area contributed by atoms with Crippen molar-refractivity contribution in [3.05, 3.63) is 41.4 Å². The second-order valence-corrected chi connectivity index (χ2v) is 8.26. The minimum absolute atomic E-state index is 0.0232. The van der Waals surface area contributed by atoms with E-state index in [2.05, 4.69) is 27.8 Å². The largest absolute Gasteiger partial charge is 0.492 e. The molecule has 0 aromatic heterocycles. The topological polar surface area (TPSA) is 83.0 Å². The molecule has 4 atom stereocenters. The zero-order chi connectivity index (χ0) is 21.1. The summed E-state index contributed by atoms with van der Waals surface area (Å²) in [5.74, 6) is 1.49. The van der Waals surface area contributed by atoms with Gasteiger partial charge in [-0.1, -0.05) is 29.8 Å². The molecular weight excluding hydrogens is 404 g/mol. The van der Waals surface area contributed by atoms with E-state index >= 15 is 0 Å². The number of imide groups is 1. The number of benzene rings is 1. The summed E-state index contributed by atoms with van der Waals surface area (Å²) in [7, 11) is 0. The lowest BCUT2D eigenvalue weighted by Crippen LogP contribution is -2.40. The van der Waals surface area contributed by atoms with Crippen LogP contribution < -0.4 is 15.4 Å². The van der Waals surface area contributed by atoms with Gasteiger partial charge < -0.3 is 15.4 Å². The van der Waals surface area contributed by atoms with Gasteiger partial charge in [-0.05, 0) is 43.4 Å². The van der Waals surface area contributed by atoms with Gasteiger partial charge in [-0.15, -0.1) is 0 Å². The summed E-state index contributed by atoms with van der Waals surface area (Å²) in [6.07, 6.45) is 5.17. The molecule has 7 nitrogen and oxygen atoms in total. The van der Waals surface area contributed by atoms with Gasteiger partial charge in [-0.2, -0.15) is 0 Å². The van der Waals surface area contributed by atoms with Crippen LogP contribution in [0.25, 0.3) is 0 Å². The van der Waals surface area contributed by atoms with E-state index in [-0.39, 0.29) is 35.5 Å². The number of carbonyl (C=O) groups is 2. The molecule has 4 rings (SSSR count). The molecule has 2 fully saturated rings. The Kier molecular flexibility index (Phi) is 6.27. The van der Waals surface area contributed by atoms with Crippen molar-refractivity contribution in [2.24, 2.45) is 28.7 Å². The monoisotopic (exact) mass is 430 g/mol. The van der Waals surface area contributed by atoms with Gasteiger partial charge in [0.2, 0.25) is 11.8 Å². The third kappa shape index (κ3) is 4.17. The molecule has 1 saturated carbocycles. The highest BCUT2D eigenvalue weighted by Crippen LogP contribution is 2.52. The van der Waals surface area contributed by atoms with E-state index in [0.717, 1.165) is 6.42 Å². The maximum absolute atomic E-state index is 12.7. The summed E-state index contributed by atoms with van der Waals surface area (Å²) in [6, 6.07) is 7.26. The van der Waals surface area contributed by atoms with E-state index in [9.17, 15) is 9.59 Å². The molecule has 1 aliphatic heterocycles. The summed E-state index contributed by atoms with van der Waals surface area (Å²) >= 11 is 5.95. The summed E-state index contributed by atoms with van der Waals surface area (Å²) < 4.78 is 5.66. The number of nitrogens with one attached hydrogen (secondary N) is 2. The van der Waals surface area contributed by atoms with Crippen LogP contribution in [0.1, 0.15) is 13.3 Å². The Morgan fingerprint density at radius 2 is 1.93 bits per heavy atom. The molecule has 1 aromatic carbocycles. The highest BCUT2D eigenvalue weighted by atomic mass is 35.5. The van der Waals surface area contributed by atoms with Crippen LogP contribution in [0, 0.1) is 23.7 Å². The highest BCUT2D eigenvalue weighted by molar-refractivity contribution is 6.30. The van der Waals surface area contributed by atoms with Crippen LogP contribution in [0.5, 0.6) is 5.75 Å². The SMILES string of the molecule is CCNC(=NCCN1C(=O)C2C3C=CC(C3)C2C1=O)NCCOc1cccc(Cl)c1. The zero-order valence-corrected chi connectivity index (χ0v) is 17.8. The molecule has 1 aromatic rings. The first-order valence-electron chi connectivity index (χ1n) is 10.5. The maximum Gasteiger partial charge on any atom is 0.233 e. The standard InChI is InChI=1S/C22H27ClN4O3/c1-2-24-22(26-9-11-30-17-5-3-4-16(23)13-17)25-8-10-27-20(28)18-14-6-7-15(12-14)19(18)21(27)29/h3-7,13-15,18-19H,2,8-12H2,1H3,(H2,24,25,26). The Morgan fingerprint density at radius 1 is 1.20 bits per heavy atom. The van der Waals surface area contributed by atoms with Crippen molar-refractivity contribution in [1.82, 2.24) is 15.5 Å². The molecule has 4 unspecified atom stereocenters. The molecule has 160 valence electrons. The van der Waals surface area contributed by atoms with Crippen LogP contribution in [-0.4, -0.2) is 55.5 Å². The number of hydrogen-bond acceptors (Lipinski definition) is 4. The lowest BCUT2D eigenvalue weighted by molar-refractivity contribution is -0.140. The van der Waals surface area contributed by atoms with Gasteiger partial charge in [0, 0.05) is 18.1 Å². The van der Waals surface area contributed by atoms with Crippen molar-refractivity contribution >= 4 is 29.4 Å². The first-order chi connectivity index (χ1) is 14.6. The molecule has 2 N–H and O–H groups in total. The average molecular weight is 431 g/mol. The number of hydrogen-bond donors (Lipinski definition) is 2. The van der Waals surface area contributed by atoms with Crippen molar-refractivity contribution < 1.29 is 14.3 Å². The number of aliphatic imine (C=N–C) groups is 1. The van der Waals surface area contributed by atoms with E-state index < -0.39 is 0 Å². The number of guanidine groups is 1. The Bertz CT molecular complexity index is 842. The lowest BCUT2D eigenvalue weighted by atomic mass is 9.85. The Balaban J connectivity index is 1.25. The van der Waals surface area contributed by atoms with Gasteiger partial charge >= 0.3 is 0 Å². The van der Waals surface area contributed by atoms with Crippen LogP contribution in [0.4, 0.5) is 0 Å². The number of nitrogens with zero attached hydrogens (tertiary/aromatic N) is 2. The molecule has 0 spiro atoms. The molecule has 8 heteroatoms. The fourth-order valence-electron chi connectivity index (χ4n) is 4.68. The van der Waals surface area contributed by atoms with E-state index in [1.54, 1.807) is 12.1 Å². The summed E-state index contributed by atoms with van der Waals surface area (Å²) in [6.45, 7) is 4.38. The second kappa shape index (κ2) is 9.08. The second-order valence-electron chi connectivity index (χ2n) is 7.82. The molecular formula is C22H27ClN4O3. The maximum atomic E-state index is 12.7. The smallest absolute Gasteiger partial charge is 0.233 e. The molecule has 1 heterocycles. The van der Waals surface area contributed by atoms with E-state index in [0.29, 0.717) is 49.5 Å². The van der Waals surface area contributed by atoms with Crippen molar-refractivity contribution in [1.29, 1.82) is 0 Å². The number of allylic oxidation sites excluding steroid dienone is 2. The number of likely N-dealkylation sites (tertiary alicyclic amines) is 1. The molecule has 30 heavy (non-hydrogen) atoms. The fraction of sp³-hybridized carbons (Fsp3) is 0.500. The van der Waals surface area contributed by atoms with Crippen molar-refractivity contribution in [3.8, 4) is 5.75 Å². The van der Waals surface area contributed by atoms with Gasteiger partial charge in [0.1, 0.15) is 12.4 Å². The summed E-state index contributed by atoms with van der Waals surface area (Å²) in [5, 5.41) is 7.00. The molecule has 2 bridgehead atoms. The van der Waals surface area contributed by atoms with Gasteiger partial charge in [0.25, 0.3) is 0 Å².